The maximum atomic E-state index is 3.49. The molecule has 0 aliphatic carbocycles. The smallest absolute Gasteiger partial charge is 0.0299 e. The van der Waals surface area contributed by atoms with Crippen LogP contribution in [-0.2, 0) is 13.0 Å². The summed E-state index contributed by atoms with van der Waals surface area (Å²) in [6.07, 6.45) is 2.38. The van der Waals surface area contributed by atoms with Crippen molar-refractivity contribution < 1.29 is 0 Å². The molecule has 1 aromatic heterocycles. The van der Waals surface area contributed by atoms with Crippen LogP contribution < -0.4 is 5.32 Å². The maximum Gasteiger partial charge on any atom is 0.0299 e. The van der Waals surface area contributed by atoms with Crippen molar-refractivity contribution in [1.82, 2.24) is 5.32 Å². The Kier molecular flexibility index (Phi) is 4.77. The molecule has 1 nitrogen and oxygen atoms in total. The molecule has 0 aliphatic rings. The lowest BCUT2D eigenvalue weighted by Gasteiger charge is -2.06. The van der Waals surface area contributed by atoms with E-state index in [9.17, 15) is 0 Å². The van der Waals surface area contributed by atoms with Gasteiger partial charge in [-0.3, -0.25) is 0 Å². The summed E-state index contributed by atoms with van der Waals surface area (Å²) in [5.74, 6) is 0. The average Bonchev–Trinajstić information content (AvgIpc) is 2.84. The molecule has 0 atom stereocenters. The van der Waals surface area contributed by atoms with Crippen LogP contribution in [0.4, 0.5) is 0 Å². The Morgan fingerprint density at radius 3 is 2.76 bits per heavy atom. The highest BCUT2D eigenvalue weighted by molar-refractivity contribution is 7.09. The van der Waals surface area contributed by atoms with Gasteiger partial charge in [0.05, 0.1) is 0 Å². The van der Waals surface area contributed by atoms with E-state index in [1.165, 1.54) is 28.8 Å². The summed E-state index contributed by atoms with van der Waals surface area (Å²) in [7, 11) is 0. The van der Waals surface area contributed by atoms with Crippen molar-refractivity contribution in [2.24, 2.45) is 0 Å². The monoisotopic (exact) mass is 245 g/mol. The van der Waals surface area contributed by atoms with Crippen molar-refractivity contribution in [3.05, 3.63) is 57.8 Å². The second-order valence-corrected chi connectivity index (χ2v) is 5.32. The molecular formula is C15H19NS. The van der Waals surface area contributed by atoms with E-state index in [0.29, 0.717) is 0 Å². The SMILES string of the molecule is Cc1ccccc1CCCNCc1cccs1. The Bertz CT molecular complexity index is 434. The molecular weight excluding hydrogens is 226 g/mol. The molecule has 1 heterocycles. The molecule has 2 aromatic rings. The molecule has 0 amide bonds. The molecule has 2 heteroatoms. The van der Waals surface area contributed by atoms with Crippen molar-refractivity contribution >= 4 is 11.3 Å². The fraction of sp³-hybridized carbons (Fsp3) is 0.333. The van der Waals surface area contributed by atoms with Crippen LogP contribution in [0.3, 0.4) is 0 Å². The third kappa shape index (κ3) is 3.99. The first-order chi connectivity index (χ1) is 8.36. The third-order valence-corrected chi connectivity index (χ3v) is 3.82. The van der Waals surface area contributed by atoms with Crippen LogP contribution in [0.15, 0.2) is 41.8 Å². The molecule has 0 radical (unpaired) electrons. The number of benzene rings is 1. The number of hydrogen-bond donors (Lipinski definition) is 1. The number of rotatable bonds is 6. The quantitative estimate of drug-likeness (QED) is 0.764. The second kappa shape index (κ2) is 6.58. The lowest BCUT2D eigenvalue weighted by molar-refractivity contribution is 0.653. The topological polar surface area (TPSA) is 12.0 Å². The number of thiophene rings is 1. The fourth-order valence-electron chi connectivity index (χ4n) is 1.92. The lowest BCUT2D eigenvalue weighted by Crippen LogP contribution is -2.14. The molecule has 0 aliphatic heterocycles. The van der Waals surface area contributed by atoms with Gasteiger partial charge < -0.3 is 5.32 Å². The van der Waals surface area contributed by atoms with E-state index in [2.05, 4.69) is 54.0 Å². The molecule has 2 rings (SSSR count). The van der Waals surface area contributed by atoms with Crippen molar-refractivity contribution in [2.75, 3.05) is 6.54 Å². The van der Waals surface area contributed by atoms with Gasteiger partial charge in [0.25, 0.3) is 0 Å². The molecule has 0 fully saturated rings. The van der Waals surface area contributed by atoms with Gasteiger partial charge in [-0.2, -0.15) is 0 Å². The van der Waals surface area contributed by atoms with Crippen LogP contribution in [0.2, 0.25) is 0 Å². The number of aryl methyl sites for hydroxylation is 2. The molecule has 17 heavy (non-hydrogen) atoms. The molecule has 0 spiro atoms. The van der Waals surface area contributed by atoms with Crippen LogP contribution >= 0.6 is 11.3 Å². The van der Waals surface area contributed by atoms with E-state index in [4.69, 9.17) is 0 Å². The minimum Gasteiger partial charge on any atom is -0.312 e. The van der Waals surface area contributed by atoms with Gasteiger partial charge in [-0.25, -0.2) is 0 Å². The Morgan fingerprint density at radius 2 is 2.00 bits per heavy atom. The van der Waals surface area contributed by atoms with Crippen LogP contribution in [0, 0.1) is 6.92 Å². The largest absolute Gasteiger partial charge is 0.312 e. The highest BCUT2D eigenvalue weighted by Gasteiger charge is 1.97. The predicted molar refractivity (Wildman–Crippen MR) is 75.5 cm³/mol. The van der Waals surface area contributed by atoms with Crippen LogP contribution in [0.1, 0.15) is 22.4 Å². The summed E-state index contributed by atoms with van der Waals surface area (Å²) in [5.41, 5.74) is 2.89. The second-order valence-electron chi connectivity index (χ2n) is 4.29. The normalized spacial score (nSPS) is 10.6. The highest BCUT2D eigenvalue weighted by Crippen LogP contribution is 2.10. The zero-order chi connectivity index (χ0) is 11.9. The van der Waals surface area contributed by atoms with Gasteiger partial charge in [-0.05, 0) is 48.9 Å². The van der Waals surface area contributed by atoms with Gasteiger partial charge in [0.2, 0.25) is 0 Å². The number of hydrogen-bond acceptors (Lipinski definition) is 2. The van der Waals surface area contributed by atoms with Gasteiger partial charge >= 0.3 is 0 Å². The van der Waals surface area contributed by atoms with E-state index in [0.717, 1.165) is 13.1 Å². The molecule has 0 bridgehead atoms. The van der Waals surface area contributed by atoms with Crippen molar-refractivity contribution in [1.29, 1.82) is 0 Å². The first-order valence-corrected chi connectivity index (χ1v) is 7.02. The molecule has 1 N–H and O–H groups in total. The van der Waals surface area contributed by atoms with Crippen LogP contribution in [0.5, 0.6) is 0 Å². The minimum atomic E-state index is 1.01. The summed E-state index contributed by atoms with van der Waals surface area (Å²) < 4.78 is 0. The van der Waals surface area contributed by atoms with E-state index >= 15 is 0 Å². The Morgan fingerprint density at radius 1 is 1.12 bits per heavy atom. The Labute approximate surface area is 108 Å². The van der Waals surface area contributed by atoms with E-state index in [1.54, 1.807) is 0 Å². The third-order valence-electron chi connectivity index (χ3n) is 2.94. The molecule has 1 aromatic carbocycles. The summed E-state index contributed by atoms with van der Waals surface area (Å²) >= 11 is 1.82. The number of nitrogens with one attached hydrogen (secondary N) is 1. The zero-order valence-corrected chi connectivity index (χ0v) is 11.1. The van der Waals surface area contributed by atoms with Crippen LogP contribution in [0.25, 0.3) is 0 Å². The van der Waals surface area contributed by atoms with Crippen molar-refractivity contribution in [3.63, 3.8) is 0 Å². The highest BCUT2D eigenvalue weighted by atomic mass is 32.1. The molecule has 0 saturated carbocycles. The molecule has 90 valence electrons. The Balaban J connectivity index is 1.65. The van der Waals surface area contributed by atoms with Crippen LogP contribution in [-0.4, -0.2) is 6.54 Å². The van der Waals surface area contributed by atoms with Gasteiger partial charge in [0.15, 0.2) is 0 Å². The van der Waals surface area contributed by atoms with Gasteiger partial charge in [-0.15, -0.1) is 11.3 Å². The van der Waals surface area contributed by atoms with E-state index < -0.39 is 0 Å². The fourth-order valence-corrected chi connectivity index (χ4v) is 2.59. The van der Waals surface area contributed by atoms with E-state index in [-0.39, 0.29) is 0 Å². The van der Waals surface area contributed by atoms with Gasteiger partial charge in [-0.1, -0.05) is 30.3 Å². The average molecular weight is 245 g/mol. The summed E-state index contributed by atoms with van der Waals surface area (Å²) in [5, 5.41) is 5.62. The summed E-state index contributed by atoms with van der Waals surface area (Å²) in [6, 6.07) is 12.9. The lowest BCUT2D eigenvalue weighted by atomic mass is 10.0. The summed E-state index contributed by atoms with van der Waals surface area (Å²) in [4.78, 5) is 1.42. The van der Waals surface area contributed by atoms with Gasteiger partial charge in [0, 0.05) is 11.4 Å². The maximum absolute atomic E-state index is 3.49. The first kappa shape index (κ1) is 12.3. The first-order valence-electron chi connectivity index (χ1n) is 6.14. The van der Waals surface area contributed by atoms with E-state index in [1.807, 2.05) is 11.3 Å². The predicted octanol–water partition coefficient (Wildman–Crippen LogP) is 3.78. The standard InChI is InChI=1S/C15H19NS/c1-13-6-2-3-7-14(13)8-4-10-16-12-15-9-5-11-17-15/h2-3,5-7,9,11,16H,4,8,10,12H2,1H3. The van der Waals surface area contributed by atoms with Gasteiger partial charge in [0.1, 0.15) is 0 Å². The van der Waals surface area contributed by atoms with Crippen molar-refractivity contribution in [2.45, 2.75) is 26.3 Å². The zero-order valence-electron chi connectivity index (χ0n) is 10.3. The minimum absolute atomic E-state index is 1.01. The summed E-state index contributed by atoms with van der Waals surface area (Å²) in [6.45, 7) is 4.28. The van der Waals surface area contributed by atoms with Crippen molar-refractivity contribution in [3.8, 4) is 0 Å². The Hall–Kier alpha value is -1.12. The molecule has 0 unspecified atom stereocenters. The molecule has 0 saturated heterocycles.